The number of urea groups is 9. The monoisotopic (exact) mass is 1330 g/mol. The number of carbonyl (C=O) groups is 10. The first kappa shape index (κ1) is 78.7. The summed E-state index contributed by atoms with van der Waals surface area (Å²) in [5.74, 6) is -0.239. The van der Waals surface area contributed by atoms with E-state index in [0.29, 0.717) is 45.2 Å². The molecule has 2 unspecified atom stereocenters. The van der Waals surface area contributed by atoms with Gasteiger partial charge in [0.25, 0.3) is 0 Å². The van der Waals surface area contributed by atoms with E-state index in [4.69, 9.17) is 22.9 Å². The number of hydrogen-bond donors (Lipinski definition) is 22. The second-order valence-electron chi connectivity index (χ2n) is 22.6. The minimum absolute atomic E-state index is 0.100. The van der Waals surface area contributed by atoms with Crippen LogP contribution in [0.4, 0.5) is 43.2 Å². The maximum absolute atomic E-state index is 13.0. The summed E-state index contributed by atoms with van der Waals surface area (Å²) >= 11 is 0. The van der Waals surface area contributed by atoms with E-state index in [1.165, 1.54) is 6.92 Å². The van der Waals surface area contributed by atoms with Gasteiger partial charge in [-0.2, -0.15) is 0 Å². The van der Waals surface area contributed by atoms with Crippen molar-refractivity contribution in [2.45, 2.75) is 102 Å². The number of phenolic OH excluding ortho intramolecular Hbond substituents is 1. The van der Waals surface area contributed by atoms with Gasteiger partial charge in [0, 0.05) is 96.7 Å². The van der Waals surface area contributed by atoms with Gasteiger partial charge in [-0.15, -0.1) is 0 Å². The molecule has 0 aromatic heterocycles. The van der Waals surface area contributed by atoms with Gasteiger partial charge < -0.3 is 118 Å². The van der Waals surface area contributed by atoms with Crippen molar-refractivity contribution in [2.75, 3.05) is 78.5 Å². The first-order valence-electron chi connectivity index (χ1n) is 31.4. The summed E-state index contributed by atoms with van der Waals surface area (Å²) in [5.41, 5.74) is 25.4. The molecule has 4 aromatic rings. The third-order valence-corrected chi connectivity index (χ3v) is 13.7. The zero-order valence-corrected chi connectivity index (χ0v) is 54.4. The van der Waals surface area contributed by atoms with Gasteiger partial charge in [-0.3, -0.25) is 4.79 Å². The van der Waals surface area contributed by atoms with E-state index in [2.05, 4.69) is 90.4 Å². The predicted octanol–water partition coefficient (Wildman–Crippen LogP) is -0.220. The van der Waals surface area contributed by atoms with E-state index in [-0.39, 0.29) is 95.2 Å². The maximum Gasteiger partial charge on any atom is 0.315 e. The number of rotatable bonds is 37. The topological polar surface area (TPSA) is 500 Å². The Balaban J connectivity index is 0.000000498. The Morgan fingerprint density at radius 2 is 0.695 bits per heavy atom. The van der Waals surface area contributed by atoms with Gasteiger partial charge in [0.2, 0.25) is 5.91 Å². The summed E-state index contributed by atoms with van der Waals surface area (Å²) in [4.78, 5) is 122. The molecule has 19 amide bonds. The molecule has 0 radical (unpaired) electrons. The fraction of sp³-hybridized carbons (Fsp3) is 0.460. The molecule has 0 heterocycles. The van der Waals surface area contributed by atoms with Gasteiger partial charge in [-0.05, 0) is 86.3 Å². The number of primary amides is 2. The highest BCUT2D eigenvalue weighted by Gasteiger charge is 2.22. The smallest absolute Gasteiger partial charge is 0.315 e. The summed E-state index contributed by atoms with van der Waals surface area (Å²) in [6, 6.07) is 27.5. The molecule has 0 bridgehead atoms. The van der Waals surface area contributed by atoms with Crippen LogP contribution in [0.3, 0.4) is 0 Å². The number of aromatic hydroxyl groups is 1. The van der Waals surface area contributed by atoms with Crippen LogP contribution in [0.1, 0.15) is 56.4 Å². The number of amides is 19. The standard InChI is InChI=1S/C33H53N11O6.C30H46N10O5/c1-22(2)16-26(42-29(35)46)20-41-33(50)44-27(18-23-6-4-3-5-7-23)21-40-31(48)38-13-12-36-30(47)37-14-15-39-32(49)43-25(19-34)17-24-8-10-28(45)11-9-24;1-20(37-30(45)38-21(2)26(32)41)17-34-28(43)39-25(16-23-11-7-4-8-12-23)19-36-29(44)40-24(15-22-9-5-3-6-10-22)18-35-27(42)33-14-13-31/h3-11,22,25-27,45H,12-21,34H2,1-2H3,(H3,35,42,46)(H2,36,37,47)(H2,38,40,48)(H2,39,43,49)(H2,41,44,50);3-12,20-21,24-25H,13-19,31H2,1-2H3,(H2,32,41)(H2,33,35,42)(H2,34,39,43)(H2,36,40,44)(H2,37,38,45)/t25-,26?,27+;20-,21+,24-,25?/m10/s1. The molecule has 95 heavy (non-hydrogen) atoms. The number of benzene rings is 4. The molecule has 0 fully saturated rings. The maximum atomic E-state index is 13.0. The molecule has 7 atom stereocenters. The van der Waals surface area contributed by atoms with Crippen LogP contribution in [0.5, 0.6) is 5.75 Å². The average Bonchev–Trinajstić information content (AvgIpc) is 2.03. The van der Waals surface area contributed by atoms with E-state index < -0.39 is 84.4 Å². The Morgan fingerprint density at radius 3 is 1.08 bits per heavy atom. The highest BCUT2D eigenvalue weighted by molar-refractivity contribution is 5.85. The lowest BCUT2D eigenvalue weighted by Gasteiger charge is -2.23. The van der Waals surface area contributed by atoms with Gasteiger partial charge in [-0.25, -0.2) is 43.2 Å². The Bertz CT molecular complexity index is 2940. The minimum Gasteiger partial charge on any atom is -0.508 e. The van der Waals surface area contributed by atoms with Crippen LogP contribution in [0, 0.1) is 5.92 Å². The highest BCUT2D eigenvalue weighted by Crippen LogP contribution is 2.12. The van der Waals surface area contributed by atoms with Crippen molar-refractivity contribution in [3.63, 3.8) is 0 Å². The number of hydrogen-bond acceptors (Lipinski definition) is 13. The highest BCUT2D eigenvalue weighted by atomic mass is 16.3. The van der Waals surface area contributed by atoms with Crippen molar-refractivity contribution in [1.82, 2.24) is 90.4 Å². The fourth-order valence-electron chi connectivity index (χ4n) is 9.01. The molecular formula is C63H99N21O11. The second kappa shape index (κ2) is 45.7. The first-order chi connectivity index (χ1) is 45.5. The summed E-state index contributed by atoms with van der Waals surface area (Å²) in [6.07, 6.45) is 2.50. The molecular weight excluding hydrogens is 1230 g/mol. The molecule has 0 saturated carbocycles. The molecule has 0 aliphatic heterocycles. The van der Waals surface area contributed by atoms with Crippen molar-refractivity contribution < 1.29 is 53.1 Å². The number of phenols is 1. The summed E-state index contributed by atoms with van der Waals surface area (Å²) in [7, 11) is 0. The Morgan fingerprint density at radius 1 is 0.358 bits per heavy atom. The normalized spacial score (nSPS) is 12.7. The quantitative estimate of drug-likeness (QED) is 0.0260. The molecule has 0 aliphatic carbocycles. The summed E-state index contributed by atoms with van der Waals surface area (Å²) < 4.78 is 0. The van der Waals surface area contributed by atoms with E-state index in [0.717, 1.165) is 22.3 Å². The van der Waals surface area contributed by atoms with Crippen molar-refractivity contribution >= 4 is 60.2 Å². The van der Waals surface area contributed by atoms with E-state index in [1.807, 2.05) is 105 Å². The predicted molar refractivity (Wildman–Crippen MR) is 362 cm³/mol. The molecule has 0 saturated heterocycles. The molecule has 0 aliphatic rings. The third-order valence-electron chi connectivity index (χ3n) is 13.7. The SMILES string of the molecule is CC(C)CC(CNC(=O)N[C@H](CNC(=O)NCCNC(=O)NCCNC(=O)N[C@@H](CN)Cc1ccc(O)cc1)Cc1ccccc1)NC(N)=O.C[C@@H](CNC(=O)NC(CNC(=O)N[C@H](CNC(=O)NCCN)Cc1ccccc1)Cc1ccccc1)NC(=O)N[C@H](C)C(N)=O. The zero-order chi connectivity index (χ0) is 69.8. The van der Waals surface area contributed by atoms with Crippen LogP contribution < -0.4 is 113 Å². The number of nitrogens with one attached hydrogen (secondary N) is 17. The van der Waals surface area contributed by atoms with Crippen molar-refractivity contribution in [3.05, 3.63) is 138 Å². The van der Waals surface area contributed by atoms with Gasteiger partial charge in [0.1, 0.15) is 11.8 Å². The molecule has 522 valence electrons. The lowest BCUT2D eigenvalue weighted by atomic mass is 10.0. The lowest BCUT2D eigenvalue weighted by molar-refractivity contribution is -0.119. The molecule has 32 heteroatoms. The summed E-state index contributed by atoms with van der Waals surface area (Å²) in [6.45, 7) is 9.33. The average molecular weight is 1330 g/mol. The molecule has 4 aromatic carbocycles. The Hall–Kier alpha value is -10.5. The lowest BCUT2D eigenvalue weighted by Crippen LogP contribution is -2.55. The van der Waals surface area contributed by atoms with Crippen molar-refractivity contribution in [3.8, 4) is 5.75 Å². The van der Waals surface area contributed by atoms with Crippen LogP contribution in [-0.4, -0.2) is 186 Å². The first-order valence-corrected chi connectivity index (χ1v) is 31.4. The van der Waals surface area contributed by atoms with Crippen LogP contribution in [0.25, 0.3) is 0 Å². The zero-order valence-electron chi connectivity index (χ0n) is 54.4. The molecule has 26 N–H and O–H groups in total. The number of nitrogens with two attached hydrogens (primary N) is 4. The molecule has 0 spiro atoms. The Labute approximate surface area is 554 Å². The third kappa shape index (κ3) is 38.2. The van der Waals surface area contributed by atoms with E-state index in [1.54, 1.807) is 31.2 Å². The van der Waals surface area contributed by atoms with Gasteiger partial charge in [0.05, 0.1) is 18.1 Å². The fourth-order valence-corrected chi connectivity index (χ4v) is 9.01. The number of carbonyl (C=O) groups excluding carboxylic acids is 10. The van der Waals surface area contributed by atoms with Gasteiger partial charge in [0.15, 0.2) is 0 Å². The summed E-state index contributed by atoms with van der Waals surface area (Å²) in [5, 5.41) is 55.4. The minimum atomic E-state index is -0.845. The van der Waals surface area contributed by atoms with Gasteiger partial charge in [-0.1, -0.05) is 117 Å². The van der Waals surface area contributed by atoms with Crippen LogP contribution in [0.15, 0.2) is 115 Å². The van der Waals surface area contributed by atoms with Crippen LogP contribution in [0.2, 0.25) is 0 Å². The largest absolute Gasteiger partial charge is 0.508 e. The molecule has 4 rings (SSSR count). The van der Waals surface area contributed by atoms with E-state index in [9.17, 15) is 53.1 Å². The van der Waals surface area contributed by atoms with Crippen LogP contribution in [-0.2, 0) is 30.5 Å². The second-order valence-corrected chi connectivity index (χ2v) is 22.6. The van der Waals surface area contributed by atoms with Crippen molar-refractivity contribution in [2.24, 2.45) is 28.9 Å². The van der Waals surface area contributed by atoms with Crippen LogP contribution >= 0.6 is 0 Å². The van der Waals surface area contributed by atoms with E-state index >= 15 is 0 Å². The van der Waals surface area contributed by atoms with Crippen molar-refractivity contribution in [1.29, 1.82) is 0 Å². The van der Waals surface area contributed by atoms with Gasteiger partial charge >= 0.3 is 54.3 Å². The Kier molecular flexibility index (Phi) is 37.9. The molecule has 32 nitrogen and oxygen atoms in total.